The third-order valence-corrected chi connectivity index (χ3v) is 6.23. The van der Waals surface area contributed by atoms with Crippen molar-refractivity contribution in [1.29, 1.82) is 0 Å². The first-order valence-corrected chi connectivity index (χ1v) is 8.62. The largest absolute Gasteiger partial charge is 0.508 e. The molecular weight excluding hydrogens is 294 g/mol. The van der Waals surface area contributed by atoms with E-state index >= 15 is 0 Å². The molecule has 0 spiro atoms. The number of hydrogen-bond acceptors (Lipinski definition) is 2. The molecule has 122 valence electrons. The summed E-state index contributed by atoms with van der Waals surface area (Å²) >= 11 is 0. The van der Waals surface area contributed by atoms with Crippen LogP contribution in [0.2, 0.25) is 0 Å². The van der Waals surface area contributed by atoms with E-state index in [0.29, 0.717) is 11.8 Å². The van der Waals surface area contributed by atoms with E-state index in [1.165, 1.54) is 56.3 Å². The Balaban J connectivity index is 0.00000144. The van der Waals surface area contributed by atoms with Crippen LogP contribution in [0.15, 0.2) is 18.2 Å². The quantitative estimate of drug-likeness (QED) is 0.885. The lowest BCUT2D eigenvalue weighted by atomic mass is 9.60. The number of nitrogens with zero attached hydrogens (tertiary/aromatic N) is 1. The number of phenols is 1. The van der Waals surface area contributed by atoms with E-state index in [-0.39, 0.29) is 17.8 Å². The molecule has 1 aromatic rings. The molecule has 2 nitrogen and oxygen atoms in total. The maximum atomic E-state index is 9.89. The molecule has 4 rings (SSSR count). The molecule has 2 aliphatic carbocycles. The van der Waals surface area contributed by atoms with E-state index in [0.717, 1.165) is 11.8 Å². The SMILES string of the molecule is CC1(C)c2cc(O)ccc2CC2C1CCCN2CC1CC1.Cl. The number of piperidine rings is 1. The Morgan fingerprint density at radius 3 is 2.73 bits per heavy atom. The summed E-state index contributed by atoms with van der Waals surface area (Å²) in [5.41, 5.74) is 3.03. The molecule has 22 heavy (non-hydrogen) atoms. The summed E-state index contributed by atoms with van der Waals surface area (Å²) in [6.07, 6.45) is 6.75. The van der Waals surface area contributed by atoms with Crippen LogP contribution in [-0.2, 0) is 11.8 Å². The van der Waals surface area contributed by atoms with Crippen LogP contribution in [0.3, 0.4) is 0 Å². The molecular formula is C19H28ClNO. The highest BCUT2D eigenvalue weighted by Crippen LogP contribution is 2.48. The average Bonchev–Trinajstić information content (AvgIpc) is 3.25. The molecule has 2 fully saturated rings. The van der Waals surface area contributed by atoms with Gasteiger partial charge in [0.25, 0.3) is 0 Å². The van der Waals surface area contributed by atoms with Crippen LogP contribution >= 0.6 is 12.4 Å². The number of halogens is 1. The Morgan fingerprint density at radius 1 is 1.23 bits per heavy atom. The maximum absolute atomic E-state index is 9.89. The van der Waals surface area contributed by atoms with Crippen molar-refractivity contribution >= 4 is 12.4 Å². The fourth-order valence-corrected chi connectivity index (χ4v) is 4.87. The minimum Gasteiger partial charge on any atom is -0.508 e. The van der Waals surface area contributed by atoms with Crippen LogP contribution in [0.4, 0.5) is 0 Å². The highest BCUT2D eigenvalue weighted by molar-refractivity contribution is 5.85. The molecule has 1 N–H and O–H groups in total. The third-order valence-electron chi connectivity index (χ3n) is 6.23. The van der Waals surface area contributed by atoms with Crippen molar-refractivity contribution in [3.8, 4) is 5.75 Å². The van der Waals surface area contributed by atoms with Crippen molar-refractivity contribution in [3.05, 3.63) is 29.3 Å². The summed E-state index contributed by atoms with van der Waals surface area (Å²) in [7, 11) is 0. The number of rotatable bonds is 2. The van der Waals surface area contributed by atoms with Crippen molar-refractivity contribution in [1.82, 2.24) is 4.90 Å². The van der Waals surface area contributed by atoms with E-state index in [1.807, 2.05) is 12.1 Å². The average molecular weight is 322 g/mol. The van der Waals surface area contributed by atoms with Crippen LogP contribution in [-0.4, -0.2) is 29.1 Å². The van der Waals surface area contributed by atoms with Gasteiger partial charge in [-0.1, -0.05) is 19.9 Å². The van der Waals surface area contributed by atoms with Crippen LogP contribution in [0.5, 0.6) is 5.75 Å². The highest BCUT2D eigenvalue weighted by Gasteiger charge is 2.46. The van der Waals surface area contributed by atoms with E-state index in [2.05, 4.69) is 24.8 Å². The molecule has 0 aromatic heterocycles. The Kier molecular flexibility index (Phi) is 4.20. The molecule has 0 bridgehead atoms. The van der Waals surface area contributed by atoms with Gasteiger partial charge in [-0.05, 0) is 79.2 Å². The number of fused-ring (bicyclic) bond motifs is 2. The zero-order valence-corrected chi connectivity index (χ0v) is 14.5. The van der Waals surface area contributed by atoms with Crippen molar-refractivity contribution < 1.29 is 5.11 Å². The lowest BCUT2D eigenvalue weighted by Gasteiger charge is -2.52. The highest BCUT2D eigenvalue weighted by atomic mass is 35.5. The maximum Gasteiger partial charge on any atom is 0.115 e. The first kappa shape index (κ1) is 16.1. The van der Waals surface area contributed by atoms with E-state index in [9.17, 15) is 5.11 Å². The van der Waals surface area contributed by atoms with Gasteiger partial charge in [0.1, 0.15) is 5.75 Å². The fraction of sp³-hybridized carbons (Fsp3) is 0.684. The minimum atomic E-state index is 0. The fourth-order valence-electron chi connectivity index (χ4n) is 4.87. The second-order valence-corrected chi connectivity index (χ2v) is 8.02. The van der Waals surface area contributed by atoms with E-state index < -0.39 is 0 Å². The predicted molar refractivity (Wildman–Crippen MR) is 92.9 cm³/mol. The standard InChI is InChI=1S/C19H27NO.ClH/c1-19(2)16-4-3-9-20(12-13-5-6-13)18(16)10-14-7-8-15(21)11-17(14)19;/h7-8,11,13,16,18,21H,3-6,9-10,12H2,1-2H3;1H. The molecule has 2 atom stereocenters. The number of phenolic OH excluding ortho intramolecular Hbond substituents is 1. The summed E-state index contributed by atoms with van der Waals surface area (Å²) in [6.45, 7) is 7.40. The number of hydrogen-bond donors (Lipinski definition) is 1. The Labute approximate surface area is 140 Å². The summed E-state index contributed by atoms with van der Waals surface area (Å²) in [5.74, 6) is 2.14. The van der Waals surface area contributed by atoms with Gasteiger partial charge in [-0.15, -0.1) is 12.4 Å². The number of benzene rings is 1. The Hall–Kier alpha value is -0.730. The second kappa shape index (κ2) is 5.72. The minimum absolute atomic E-state index is 0. The Morgan fingerprint density at radius 2 is 2.00 bits per heavy atom. The first-order valence-electron chi connectivity index (χ1n) is 8.62. The van der Waals surface area contributed by atoms with Gasteiger partial charge in [-0.2, -0.15) is 0 Å². The third kappa shape index (κ3) is 2.65. The van der Waals surface area contributed by atoms with Gasteiger partial charge in [-0.25, -0.2) is 0 Å². The summed E-state index contributed by atoms with van der Waals surface area (Å²) in [4.78, 5) is 2.80. The van der Waals surface area contributed by atoms with Gasteiger partial charge < -0.3 is 5.11 Å². The predicted octanol–water partition coefficient (Wildman–Crippen LogP) is 4.14. The van der Waals surface area contributed by atoms with Gasteiger partial charge >= 0.3 is 0 Å². The molecule has 1 saturated heterocycles. The van der Waals surface area contributed by atoms with Crippen LogP contribution < -0.4 is 0 Å². The summed E-state index contributed by atoms with van der Waals surface area (Å²) < 4.78 is 0. The van der Waals surface area contributed by atoms with Gasteiger partial charge in [0.05, 0.1) is 0 Å². The summed E-state index contributed by atoms with van der Waals surface area (Å²) in [5, 5.41) is 9.89. The van der Waals surface area contributed by atoms with Crippen molar-refractivity contribution in [3.63, 3.8) is 0 Å². The topological polar surface area (TPSA) is 23.5 Å². The first-order chi connectivity index (χ1) is 10.1. The molecule has 1 saturated carbocycles. The smallest absolute Gasteiger partial charge is 0.115 e. The molecule has 0 amide bonds. The molecule has 2 unspecified atom stereocenters. The van der Waals surface area contributed by atoms with Crippen LogP contribution in [0.1, 0.15) is 50.7 Å². The van der Waals surface area contributed by atoms with Gasteiger partial charge in [0.2, 0.25) is 0 Å². The lowest BCUT2D eigenvalue weighted by molar-refractivity contribution is 0.0408. The van der Waals surface area contributed by atoms with E-state index in [4.69, 9.17) is 0 Å². The van der Waals surface area contributed by atoms with Crippen molar-refractivity contribution in [2.45, 2.75) is 57.4 Å². The van der Waals surface area contributed by atoms with Gasteiger partial charge in [-0.3, -0.25) is 4.90 Å². The van der Waals surface area contributed by atoms with Crippen molar-refractivity contribution in [2.24, 2.45) is 11.8 Å². The molecule has 1 heterocycles. The molecule has 1 aromatic carbocycles. The second-order valence-electron chi connectivity index (χ2n) is 8.02. The lowest BCUT2D eigenvalue weighted by Crippen LogP contribution is -2.55. The number of likely N-dealkylation sites (tertiary alicyclic amines) is 1. The summed E-state index contributed by atoms with van der Waals surface area (Å²) in [6, 6.07) is 6.76. The monoisotopic (exact) mass is 321 g/mol. The molecule has 1 aliphatic heterocycles. The van der Waals surface area contributed by atoms with Crippen molar-refractivity contribution in [2.75, 3.05) is 13.1 Å². The Bertz CT molecular complexity index is 552. The van der Waals surface area contributed by atoms with Gasteiger partial charge in [0.15, 0.2) is 0 Å². The zero-order chi connectivity index (χ0) is 14.6. The van der Waals surface area contributed by atoms with Crippen LogP contribution in [0.25, 0.3) is 0 Å². The number of aromatic hydroxyl groups is 1. The normalized spacial score (nSPS) is 30.1. The van der Waals surface area contributed by atoms with Crippen LogP contribution in [0, 0.1) is 11.8 Å². The molecule has 3 heteroatoms. The molecule has 3 aliphatic rings. The molecule has 0 radical (unpaired) electrons. The zero-order valence-electron chi connectivity index (χ0n) is 13.7. The van der Waals surface area contributed by atoms with Gasteiger partial charge in [0, 0.05) is 12.6 Å². The van der Waals surface area contributed by atoms with E-state index in [1.54, 1.807) is 0 Å².